The lowest BCUT2D eigenvalue weighted by atomic mass is 10.2. The minimum absolute atomic E-state index is 0.0548. The van der Waals surface area contributed by atoms with E-state index in [2.05, 4.69) is 20.5 Å². The van der Waals surface area contributed by atoms with Crippen molar-refractivity contribution < 1.29 is 4.79 Å². The van der Waals surface area contributed by atoms with Gasteiger partial charge in [-0.15, -0.1) is 5.10 Å². The molecule has 3 rings (SSSR count). The molecule has 0 aromatic carbocycles. The summed E-state index contributed by atoms with van der Waals surface area (Å²) in [7, 11) is 1.80. The molecule has 1 saturated carbocycles. The van der Waals surface area contributed by atoms with Gasteiger partial charge >= 0.3 is 0 Å². The zero-order chi connectivity index (χ0) is 15.5. The summed E-state index contributed by atoms with van der Waals surface area (Å²) in [6.45, 7) is 2.43. The highest BCUT2D eigenvalue weighted by Gasteiger charge is 2.30. The van der Waals surface area contributed by atoms with Crippen molar-refractivity contribution in [3.63, 3.8) is 0 Å². The van der Waals surface area contributed by atoms with Crippen molar-refractivity contribution in [2.24, 2.45) is 0 Å². The second kappa shape index (κ2) is 6.43. The maximum atomic E-state index is 12.5. The van der Waals surface area contributed by atoms with Crippen LogP contribution in [-0.2, 0) is 11.3 Å². The number of tetrazole rings is 1. The van der Waals surface area contributed by atoms with Crippen molar-refractivity contribution in [3.8, 4) is 0 Å². The average molecular weight is 318 g/mol. The molecule has 0 saturated heterocycles. The van der Waals surface area contributed by atoms with Gasteiger partial charge in [0.2, 0.25) is 11.1 Å². The van der Waals surface area contributed by atoms with Crippen LogP contribution in [0.5, 0.6) is 0 Å². The number of aromatic nitrogens is 5. The third-order valence-corrected chi connectivity index (χ3v) is 4.54. The Hall–Kier alpha value is -1.96. The molecule has 0 N–H and O–H groups in total. The van der Waals surface area contributed by atoms with Gasteiger partial charge in [0.25, 0.3) is 0 Å². The first kappa shape index (κ1) is 15.0. The number of hydrogen-bond acceptors (Lipinski definition) is 6. The molecule has 1 aliphatic rings. The van der Waals surface area contributed by atoms with Crippen molar-refractivity contribution in [3.05, 3.63) is 30.1 Å². The van der Waals surface area contributed by atoms with E-state index in [9.17, 15) is 4.79 Å². The first-order valence-corrected chi connectivity index (χ1v) is 8.11. The van der Waals surface area contributed by atoms with Crippen LogP contribution in [0.1, 0.15) is 31.4 Å². The summed E-state index contributed by atoms with van der Waals surface area (Å²) in [6.07, 6.45) is 5.72. The summed E-state index contributed by atoms with van der Waals surface area (Å²) in [4.78, 5) is 18.3. The Morgan fingerprint density at radius 3 is 3.05 bits per heavy atom. The van der Waals surface area contributed by atoms with Gasteiger partial charge < -0.3 is 4.90 Å². The summed E-state index contributed by atoms with van der Waals surface area (Å²) in [5.41, 5.74) is 1.01. The Balaban J connectivity index is 1.60. The summed E-state index contributed by atoms with van der Waals surface area (Å²) >= 11 is 1.41. The molecule has 0 bridgehead atoms. The molecule has 2 aromatic rings. The van der Waals surface area contributed by atoms with Gasteiger partial charge in [0.05, 0.1) is 11.3 Å². The van der Waals surface area contributed by atoms with Crippen molar-refractivity contribution >= 4 is 17.7 Å². The number of rotatable bonds is 6. The summed E-state index contributed by atoms with van der Waals surface area (Å²) in [5, 5.41) is 12.2. The number of nitrogens with zero attached hydrogens (tertiary/aromatic N) is 6. The van der Waals surface area contributed by atoms with E-state index in [4.69, 9.17) is 0 Å². The van der Waals surface area contributed by atoms with E-state index in [1.165, 1.54) is 11.8 Å². The second-order valence-corrected chi connectivity index (χ2v) is 6.76. The standard InChI is InChI=1S/C14H18N6OS/c1-10(22-14-16-17-18-20(14)12-5-6-12)13(21)19(2)9-11-4-3-7-15-8-11/h3-4,7-8,10,12H,5-6,9H2,1-2H3. The molecule has 0 aliphatic heterocycles. The molecule has 116 valence electrons. The van der Waals surface area contributed by atoms with Gasteiger partial charge in [0.15, 0.2) is 0 Å². The first-order valence-electron chi connectivity index (χ1n) is 7.23. The van der Waals surface area contributed by atoms with Gasteiger partial charge in [-0.3, -0.25) is 9.78 Å². The summed E-state index contributed by atoms with van der Waals surface area (Å²) < 4.78 is 1.83. The van der Waals surface area contributed by atoms with E-state index in [1.807, 2.05) is 23.7 Å². The molecule has 8 heteroatoms. The molecule has 1 atom stereocenters. The second-order valence-electron chi connectivity index (χ2n) is 5.45. The van der Waals surface area contributed by atoms with Crippen LogP contribution in [-0.4, -0.2) is 48.3 Å². The fraction of sp³-hybridized carbons (Fsp3) is 0.500. The quantitative estimate of drug-likeness (QED) is 0.752. The van der Waals surface area contributed by atoms with Crippen LogP contribution in [0.15, 0.2) is 29.7 Å². The Morgan fingerprint density at radius 2 is 2.36 bits per heavy atom. The highest BCUT2D eigenvalue weighted by atomic mass is 32.2. The van der Waals surface area contributed by atoms with Gasteiger partial charge in [-0.05, 0) is 41.8 Å². The molecule has 7 nitrogen and oxygen atoms in total. The van der Waals surface area contributed by atoms with Crippen LogP contribution < -0.4 is 0 Å². The van der Waals surface area contributed by atoms with Crippen molar-refractivity contribution in [2.75, 3.05) is 7.05 Å². The van der Waals surface area contributed by atoms with Crippen molar-refractivity contribution in [1.82, 2.24) is 30.1 Å². The number of thioether (sulfide) groups is 1. The molecular weight excluding hydrogens is 300 g/mol. The predicted molar refractivity (Wildman–Crippen MR) is 82.1 cm³/mol. The Bertz CT molecular complexity index is 642. The smallest absolute Gasteiger partial charge is 0.235 e. The SMILES string of the molecule is CC(Sc1nnnn1C1CC1)C(=O)N(C)Cc1cccnc1. The van der Waals surface area contributed by atoms with Gasteiger partial charge in [0, 0.05) is 26.0 Å². The maximum absolute atomic E-state index is 12.5. The van der Waals surface area contributed by atoms with E-state index in [-0.39, 0.29) is 11.2 Å². The zero-order valence-electron chi connectivity index (χ0n) is 12.6. The first-order chi connectivity index (χ1) is 10.6. The van der Waals surface area contributed by atoms with E-state index >= 15 is 0 Å². The van der Waals surface area contributed by atoms with E-state index < -0.39 is 0 Å². The normalized spacial score (nSPS) is 15.5. The Kier molecular flexibility index (Phi) is 4.37. The maximum Gasteiger partial charge on any atom is 0.235 e. The third-order valence-electron chi connectivity index (χ3n) is 3.50. The van der Waals surface area contributed by atoms with Crippen molar-refractivity contribution in [1.29, 1.82) is 0 Å². The van der Waals surface area contributed by atoms with Crippen LogP contribution in [0.25, 0.3) is 0 Å². The van der Waals surface area contributed by atoms with E-state index in [1.54, 1.807) is 24.3 Å². The lowest BCUT2D eigenvalue weighted by Gasteiger charge is -2.20. The molecule has 2 aromatic heterocycles. The number of carbonyl (C=O) groups is 1. The van der Waals surface area contributed by atoms with Crippen molar-refractivity contribution in [2.45, 2.75) is 42.8 Å². The number of amides is 1. The largest absolute Gasteiger partial charge is 0.340 e. The molecule has 1 fully saturated rings. The number of hydrogen-bond donors (Lipinski definition) is 0. The molecule has 0 radical (unpaired) electrons. The minimum atomic E-state index is -0.231. The fourth-order valence-corrected chi connectivity index (χ4v) is 3.15. The summed E-state index contributed by atoms with van der Waals surface area (Å²) in [6, 6.07) is 4.24. The monoisotopic (exact) mass is 318 g/mol. The molecule has 2 heterocycles. The highest BCUT2D eigenvalue weighted by Crippen LogP contribution is 2.37. The van der Waals surface area contributed by atoms with Crippen LogP contribution in [0.3, 0.4) is 0 Å². The van der Waals surface area contributed by atoms with Gasteiger partial charge in [0.1, 0.15) is 0 Å². The predicted octanol–water partition coefficient (Wildman–Crippen LogP) is 1.54. The molecule has 1 unspecified atom stereocenters. The lowest BCUT2D eigenvalue weighted by molar-refractivity contribution is -0.129. The van der Waals surface area contributed by atoms with Gasteiger partial charge in [-0.25, -0.2) is 4.68 Å². The van der Waals surface area contributed by atoms with Crippen LogP contribution >= 0.6 is 11.8 Å². The molecule has 22 heavy (non-hydrogen) atoms. The average Bonchev–Trinajstić information content (AvgIpc) is 3.27. The van der Waals surface area contributed by atoms with Crippen LogP contribution in [0.2, 0.25) is 0 Å². The highest BCUT2D eigenvalue weighted by molar-refractivity contribution is 8.00. The zero-order valence-corrected chi connectivity index (χ0v) is 13.4. The summed E-state index contributed by atoms with van der Waals surface area (Å²) in [5.74, 6) is 0.0548. The minimum Gasteiger partial charge on any atom is -0.340 e. The van der Waals surface area contributed by atoms with Crippen LogP contribution in [0.4, 0.5) is 0 Å². The van der Waals surface area contributed by atoms with Gasteiger partial charge in [-0.1, -0.05) is 17.8 Å². The molecular formula is C14H18N6OS. The Labute approximate surface area is 133 Å². The third kappa shape index (κ3) is 3.44. The van der Waals surface area contributed by atoms with Gasteiger partial charge in [-0.2, -0.15) is 0 Å². The fourth-order valence-electron chi connectivity index (χ4n) is 2.17. The van der Waals surface area contributed by atoms with E-state index in [0.717, 1.165) is 23.6 Å². The van der Waals surface area contributed by atoms with Crippen LogP contribution in [0, 0.1) is 0 Å². The molecule has 1 aliphatic carbocycles. The number of carbonyl (C=O) groups excluding carboxylic acids is 1. The Morgan fingerprint density at radius 1 is 1.55 bits per heavy atom. The number of pyridine rings is 1. The lowest BCUT2D eigenvalue weighted by Crippen LogP contribution is -2.33. The molecule has 1 amide bonds. The van der Waals surface area contributed by atoms with E-state index in [0.29, 0.717) is 12.6 Å². The topological polar surface area (TPSA) is 76.8 Å². The molecule has 0 spiro atoms.